The average Bonchev–Trinajstić information content (AvgIpc) is 2.64. The second-order valence-electron chi connectivity index (χ2n) is 5.50. The molecule has 3 rings (SSSR count). The minimum absolute atomic E-state index is 0.227. The summed E-state index contributed by atoms with van der Waals surface area (Å²) in [7, 11) is 1.56. The number of benzene rings is 3. The van der Waals surface area contributed by atoms with Crippen molar-refractivity contribution in [2.75, 3.05) is 12.4 Å². The molecule has 0 spiro atoms. The summed E-state index contributed by atoms with van der Waals surface area (Å²) in [6.07, 6.45) is 0. The Morgan fingerprint density at radius 3 is 2.15 bits per heavy atom. The Labute approximate surface area is 189 Å². The van der Waals surface area contributed by atoms with Crippen LogP contribution in [-0.4, -0.2) is 13.0 Å². The van der Waals surface area contributed by atoms with Gasteiger partial charge < -0.3 is 14.8 Å². The van der Waals surface area contributed by atoms with Crippen molar-refractivity contribution >= 4 is 68.4 Å². The van der Waals surface area contributed by atoms with E-state index in [9.17, 15) is 4.79 Å². The maximum atomic E-state index is 12.7. The second-order valence-corrected chi connectivity index (χ2v) is 8.35. The zero-order chi connectivity index (χ0) is 19.4. The summed E-state index contributed by atoms with van der Waals surface area (Å²) in [5, 5.41) is 3.54. The molecule has 0 atom stereocenters. The smallest absolute Gasteiger partial charge is 0.259 e. The lowest BCUT2D eigenvalue weighted by atomic mass is 10.2. The standard InChI is InChI=1S/C20H14ClI2NO3/c1-26-19-17(10-13(22)11-18(19)23)20(25)24-14-4-8-16(9-5-14)27-15-6-2-12(21)3-7-15/h2-11H,1H3,(H,24,25). The summed E-state index contributed by atoms with van der Waals surface area (Å²) in [6.45, 7) is 0. The van der Waals surface area contributed by atoms with Gasteiger partial charge in [-0.25, -0.2) is 0 Å². The number of carbonyl (C=O) groups excluding carboxylic acids is 1. The van der Waals surface area contributed by atoms with E-state index in [4.69, 9.17) is 21.1 Å². The molecule has 0 saturated heterocycles. The van der Waals surface area contributed by atoms with Crippen molar-refractivity contribution in [3.8, 4) is 17.2 Å². The molecule has 7 heteroatoms. The fourth-order valence-corrected chi connectivity index (χ4v) is 4.57. The van der Waals surface area contributed by atoms with Crippen LogP contribution >= 0.6 is 56.8 Å². The lowest BCUT2D eigenvalue weighted by Crippen LogP contribution is -2.14. The molecular weight excluding hydrogens is 591 g/mol. The predicted molar refractivity (Wildman–Crippen MR) is 124 cm³/mol. The fraction of sp³-hybridized carbons (Fsp3) is 0.0500. The largest absolute Gasteiger partial charge is 0.495 e. The van der Waals surface area contributed by atoms with Gasteiger partial charge in [-0.15, -0.1) is 0 Å². The lowest BCUT2D eigenvalue weighted by Gasteiger charge is -2.12. The summed E-state index contributed by atoms with van der Waals surface area (Å²) in [4.78, 5) is 12.7. The maximum Gasteiger partial charge on any atom is 0.259 e. The highest BCUT2D eigenvalue weighted by molar-refractivity contribution is 14.1. The minimum Gasteiger partial charge on any atom is -0.495 e. The van der Waals surface area contributed by atoms with Crippen LogP contribution in [0, 0.1) is 7.14 Å². The molecule has 0 saturated carbocycles. The number of halogens is 3. The van der Waals surface area contributed by atoms with Crippen molar-refractivity contribution in [1.29, 1.82) is 0 Å². The van der Waals surface area contributed by atoms with E-state index in [1.807, 2.05) is 6.07 Å². The van der Waals surface area contributed by atoms with Crippen molar-refractivity contribution in [3.63, 3.8) is 0 Å². The van der Waals surface area contributed by atoms with Crippen LogP contribution in [0.25, 0.3) is 0 Å². The summed E-state index contributed by atoms with van der Waals surface area (Å²) in [6, 6.07) is 18.0. The Balaban J connectivity index is 1.73. The normalized spacial score (nSPS) is 10.4. The molecule has 1 amide bonds. The van der Waals surface area contributed by atoms with Gasteiger partial charge in [0.2, 0.25) is 0 Å². The van der Waals surface area contributed by atoms with Crippen molar-refractivity contribution in [3.05, 3.63) is 78.4 Å². The highest BCUT2D eigenvalue weighted by Crippen LogP contribution is 2.29. The van der Waals surface area contributed by atoms with Crippen molar-refractivity contribution in [1.82, 2.24) is 0 Å². The molecule has 4 nitrogen and oxygen atoms in total. The molecule has 0 heterocycles. The third kappa shape index (κ3) is 5.26. The number of amides is 1. The Kier molecular flexibility index (Phi) is 6.83. The predicted octanol–water partition coefficient (Wildman–Crippen LogP) is 6.60. The summed E-state index contributed by atoms with van der Waals surface area (Å²) in [5.41, 5.74) is 1.16. The van der Waals surface area contributed by atoms with Crippen LogP contribution < -0.4 is 14.8 Å². The monoisotopic (exact) mass is 605 g/mol. The topological polar surface area (TPSA) is 47.6 Å². The first-order valence-corrected chi connectivity index (χ1v) is 10.4. The number of carbonyl (C=O) groups is 1. The van der Waals surface area contributed by atoms with Gasteiger partial charge in [-0.1, -0.05) is 11.6 Å². The van der Waals surface area contributed by atoms with Crippen LogP contribution in [0.1, 0.15) is 10.4 Å². The fourth-order valence-electron chi connectivity index (χ4n) is 2.38. The molecule has 0 unspecified atom stereocenters. The molecule has 0 aliphatic rings. The van der Waals surface area contributed by atoms with Gasteiger partial charge in [0.25, 0.3) is 5.91 Å². The first-order valence-electron chi connectivity index (χ1n) is 7.84. The van der Waals surface area contributed by atoms with Crippen molar-refractivity contribution in [2.45, 2.75) is 0 Å². The van der Waals surface area contributed by atoms with Crippen molar-refractivity contribution < 1.29 is 14.3 Å². The zero-order valence-corrected chi connectivity index (χ0v) is 19.2. The third-order valence-corrected chi connectivity index (χ3v) is 5.29. The van der Waals surface area contributed by atoms with E-state index in [-0.39, 0.29) is 5.91 Å². The van der Waals surface area contributed by atoms with E-state index >= 15 is 0 Å². The second kappa shape index (κ2) is 9.11. The molecule has 0 aliphatic carbocycles. The Morgan fingerprint density at radius 2 is 1.56 bits per heavy atom. The van der Waals surface area contributed by atoms with Gasteiger partial charge in [0, 0.05) is 14.3 Å². The number of ether oxygens (including phenoxy) is 2. The molecule has 0 fully saturated rings. The molecule has 0 aliphatic heterocycles. The Bertz CT molecular complexity index is 960. The van der Waals surface area contributed by atoms with E-state index in [0.29, 0.717) is 33.5 Å². The minimum atomic E-state index is -0.227. The van der Waals surface area contributed by atoms with Gasteiger partial charge in [0.15, 0.2) is 0 Å². The van der Waals surface area contributed by atoms with E-state index in [1.165, 1.54) is 0 Å². The molecule has 0 aromatic heterocycles. The third-order valence-electron chi connectivity index (χ3n) is 3.62. The van der Waals surface area contributed by atoms with Crippen LogP contribution in [0.2, 0.25) is 5.02 Å². The Morgan fingerprint density at radius 1 is 0.963 bits per heavy atom. The van der Waals surface area contributed by atoms with Crippen molar-refractivity contribution in [2.24, 2.45) is 0 Å². The lowest BCUT2D eigenvalue weighted by molar-refractivity contribution is 0.102. The number of nitrogens with one attached hydrogen (secondary N) is 1. The number of methoxy groups -OCH3 is 1. The quantitative estimate of drug-likeness (QED) is 0.334. The molecule has 3 aromatic carbocycles. The summed E-state index contributed by atoms with van der Waals surface area (Å²) < 4.78 is 13.0. The SMILES string of the molecule is COc1c(I)cc(I)cc1C(=O)Nc1ccc(Oc2ccc(Cl)cc2)cc1. The van der Waals surface area contributed by atoms with Gasteiger partial charge in [-0.3, -0.25) is 4.79 Å². The van der Waals surface area contributed by atoms with Crippen LogP contribution in [0.3, 0.4) is 0 Å². The molecule has 138 valence electrons. The van der Waals surface area contributed by atoms with Gasteiger partial charge in [0.1, 0.15) is 17.2 Å². The van der Waals surface area contributed by atoms with E-state index < -0.39 is 0 Å². The first kappa shape index (κ1) is 20.2. The van der Waals surface area contributed by atoms with Gasteiger partial charge in [0.05, 0.1) is 16.2 Å². The molecule has 3 aromatic rings. The number of anilines is 1. The van der Waals surface area contributed by atoms with E-state index in [0.717, 1.165) is 7.14 Å². The maximum absolute atomic E-state index is 12.7. The number of rotatable bonds is 5. The Hall–Kier alpha value is -1.52. The van der Waals surface area contributed by atoms with Crippen LogP contribution in [0.4, 0.5) is 5.69 Å². The van der Waals surface area contributed by atoms with E-state index in [1.54, 1.807) is 61.7 Å². The van der Waals surface area contributed by atoms with Crippen LogP contribution in [-0.2, 0) is 0 Å². The van der Waals surface area contributed by atoms with Gasteiger partial charge in [-0.05, 0) is 106 Å². The summed E-state index contributed by atoms with van der Waals surface area (Å²) in [5.74, 6) is 1.69. The molecule has 0 radical (unpaired) electrons. The molecule has 27 heavy (non-hydrogen) atoms. The number of hydrogen-bond acceptors (Lipinski definition) is 3. The zero-order valence-electron chi connectivity index (χ0n) is 14.1. The first-order chi connectivity index (χ1) is 13.0. The van der Waals surface area contributed by atoms with Crippen LogP contribution in [0.5, 0.6) is 17.2 Å². The van der Waals surface area contributed by atoms with Gasteiger partial charge in [-0.2, -0.15) is 0 Å². The molecular formula is C20H14ClI2NO3. The average molecular weight is 606 g/mol. The highest BCUT2D eigenvalue weighted by atomic mass is 127. The molecule has 0 bridgehead atoms. The highest BCUT2D eigenvalue weighted by Gasteiger charge is 2.16. The summed E-state index contributed by atoms with van der Waals surface area (Å²) >= 11 is 10.2. The van der Waals surface area contributed by atoms with Gasteiger partial charge >= 0.3 is 0 Å². The van der Waals surface area contributed by atoms with Crippen LogP contribution in [0.15, 0.2) is 60.7 Å². The van der Waals surface area contributed by atoms with E-state index in [2.05, 4.69) is 50.5 Å². The number of hydrogen-bond donors (Lipinski definition) is 1. The molecule has 1 N–H and O–H groups in total.